The number of terminal acetylenes is 1. The molecule has 2 atom stereocenters. The highest BCUT2D eigenvalue weighted by Crippen LogP contribution is 2.55. The summed E-state index contributed by atoms with van der Waals surface area (Å²) in [7, 11) is 0. The van der Waals surface area contributed by atoms with Crippen LogP contribution in [0.2, 0.25) is 0 Å². The van der Waals surface area contributed by atoms with E-state index in [-0.39, 0.29) is 5.92 Å². The van der Waals surface area contributed by atoms with Gasteiger partial charge in [-0.05, 0) is 0 Å². The minimum absolute atomic E-state index is 0.109. The van der Waals surface area contributed by atoms with Crippen molar-refractivity contribution in [2.24, 2.45) is 5.92 Å². The molecule has 0 nitrogen and oxygen atoms in total. The number of hydrogen-bond donors (Lipinski definition) is 0. The first-order valence-corrected chi connectivity index (χ1v) is 4.62. The van der Waals surface area contributed by atoms with Gasteiger partial charge in [-0.15, -0.1) is 6.42 Å². The van der Waals surface area contributed by atoms with Crippen LogP contribution in [0.5, 0.6) is 0 Å². The first-order valence-electron chi connectivity index (χ1n) is 4.62. The Hall–Kier alpha value is -1.28. The van der Waals surface area contributed by atoms with Crippen LogP contribution in [0, 0.1) is 18.3 Å². The number of rotatable bonds is 4. The minimum Gasteiger partial charge on any atom is -0.226 e. The lowest BCUT2D eigenvalue weighted by molar-refractivity contribution is -0.338. The zero-order chi connectivity index (χ0) is 17.4. The maximum atomic E-state index is 13.4. The van der Waals surface area contributed by atoms with Crippen LogP contribution < -0.4 is 0 Å². The lowest BCUT2D eigenvalue weighted by Gasteiger charge is -2.39. The van der Waals surface area contributed by atoms with Crippen molar-refractivity contribution in [3.05, 3.63) is 0 Å². The topological polar surface area (TPSA) is 0 Å². The van der Waals surface area contributed by atoms with Crippen LogP contribution in [0.15, 0.2) is 0 Å². The summed E-state index contributed by atoms with van der Waals surface area (Å²) in [6.45, 7) is 0. The first kappa shape index (κ1) is 19.7. The summed E-state index contributed by atoms with van der Waals surface area (Å²) in [6.07, 6.45) is -20.3. The third-order valence-corrected chi connectivity index (χ3v) is 2.51. The van der Waals surface area contributed by atoms with Gasteiger partial charge < -0.3 is 0 Å². The second-order valence-corrected chi connectivity index (χ2v) is 3.73. The Balaban J connectivity index is 6.41. The lowest BCUT2D eigenvalue weighted by Crippen LogP contribution is -2.65. The van der Waals surface area contributed by atoms with E-state index in [4.69, 9.17) is 0 Å². The molecular formula is C9H4F12. The molecular weight excluding hydrogens is 336 g/mol. The largest absolute Gasteiger partial charge is 0.429 e. The van der Waals surface area contributed by atoms with Crippen LogP contribution in [0.3, 0.4) is 0 Å². The zero-order valence-electron chi connectivity index (χ0n) is 9.34. The smallest absolute Gasteiger partial charge is 0.226 e. The summed E-state index contributed by atoms with van der Waals surface area (Å²) in [5, 5.41) is 0. The van der Waals surface area contributed by atoms with E-state index in [1.165, 1.54) is 0 Å². The van der Waals surface area contributed by atoms with Crippen LogP contribution in [0.1, 0.15) is 0 Å². The molecule has 0 aromatic carbocycles. The molecule has 0 heterocycles. The summed E-state index contributed by atoms with van der Waals surface area (Å²) >= 11 is 0. The average molecular weight is 340 g/mol. The fourth-order valence-electron chi connectivity index (χ4n) is 1.37. The molecule has 0 fully saturated rings. The maximum Gasteiger partial charge on any atom is 0.429 e. The first-order chi connectivity index (χ1) is 9.08. The number of hydrogen-bond acceptors (Lipinski definition) is 0. The molecule has 0 aliphatic carbocycles. The van der Waals surface area contributed by atoms with E-state index in [0.717, 1.165) is 0 Å². The molecule has 0 aliphatic heterocycles. The molecule has 0 bridgehead atoms. The average Bonchev–Trinajstić information content (AvgIpc) is 2.25. The van der Waals surface area contributed by atoms with Gasteiger partial charge in [-0.1, -0.05) is 5.92 Å². The minimum atomic E-state index is -6.82. The Morgan fingerprint density at radius 2 is 0.857 bits per heavy atom. The Morgan fingerprint density at radius 3 is 0.952 bits per heavy atom. The van der Waals surface area contributed by atoms with E-state index < -0.39 is 42.5 Å². The molecule has 0 N–H and O–H groups in total. The van der Waals surface area contributed by atoms with Crippen molar-refractivity contribution >= 4 is 0 Å². The van der Waals surface area contributed by atoms with Gasteiger partial charge in [0.2, 0.25) is 0 Å². The van der Waals surface area contributed by atoms with Gasteiger partial charge >= 0.3 is 12.4 Å². The molecule has 0 saturated heterocycles. The molecule has 2 unspecified atom stereocenters. The van der Waals surface area contributed by atoms with Crippen molar-refractivity contribution < 1.29 is 52.7 Å². The molecule has 0 aromatic rings. The summed E-state index contributed by atoms with van der Waals surface area (Å²) in [5.74, 6) is -4.73. The van der Waals surface area contributed by atoms with Crippen LogP contribution in [0.25, 0.3) is 0 Å². The maximum absolute atomic E-state index is 13.4. The van der Waals surface area contributed by atoms with E-state index in [1.807, 2.05) is 0 Å². The second kappa shape index (κ2) is 5.49. The highest BCUT2D eigenvalue weighted by Gasteiger charge is 2.79. The Morgan fingerprint density at radius 1 is 0.619 bits per heavy atom. The molecule has 12 heteroatoms. The predicted octanol–water partition coefficient (Wildman–Crippen LogP) is 4.31. The van der Waals surface area contributed by atoms with Crippen LogP contribution in [0.4, 0.5) is 52.7 Å². The van der Waals surface area contributed by atoms with Crippen molar-refractivity contribution in [2.45, 2.75) is 36.5 Å². The Kier molecular flexibility index (Phi) is 5.16. The fraction of sp³-hybridized carbons (Fsp3) is 0.778. The van der Waals surface area contributed by atoms with Gasteiger partial charge in [0.1, 0.15) is 5.92 Å². The summed E-state index contributed by atoms with van der Waals surface area (Å²) in [5.41, 5.74) is -12.6. The van der Waals surface area contributed by atoms with Crippen molar-refractivity contribution in [3.8, 4) is 12.3 Å². The Bertz CT molecular complexity index is 368. The highest BCUT2D eigenvalue weighted by atomic mass is 19.4. The second-order valence-electron chi connectivity index (χ2n) is 3.73. The van der Waals surface area contributed by atoms with E-state index in [2.05, 4.69) is 6.42 Å². The third kappa shape index (κ3) is 2.87. The molecule has 0 saturated carbocycles. The van der Waals surface area contributed by atoms with Crippen LogP contribution in [-0.2, 0) is 0 Å². The summed E-state index contributed by atoms with van der Waals surface area (Å²) in [4.78, 5) is 0. The monoisotopic (exact) mass is 340 g/mol. The van der Waals surface area contributed by atoms with Crippen molar-refractivity contribution in [1.82, 2.24) is 0 Å². The third-order valence-electron chi connectivity index (χ3n) is 2.51. The zero-order valence-corrected chi connectivity index (χ0v) is 9.34. The molecule has 0 aliphatic rings. The highest BCUT2D eigenvalue weighted by molar-refractivity contribution is 5.19. The fourth-order valence-corrected chi connectivity index (χ4v) is 1.37. The van der Waals surface area contributed by atoms with Gasteiger partial charge in [-0.3, -0.25) is 0 Å². The number of alkyl halides is 12. The quantitative estimate of drug-likeness (QED) is 0.529. The molecule has 0 spiro atoms. The predicted molar refractivity (Wildman–Crippen MR) is 44.1 cm³/mol. The van der Waals surface area contributed by atoms with Crippen LogP contribution >= 0.6 is 0 Å². The summed E-state index contributed by atoms with van der Waals surface area (Å²) in [6, 6.07) is 0. The molecule has 0 aromatic heterocycles. The Labute approximate surface area is 109 Å². The SMILES string of the molecule is C#CC(C(F)(C(F)F)C(F)(F)F)C(F)(C(F)F)C(F)(F)F. The van der Waals surface area contributed by atoms with Gasteiger partial charge in [0.05, 0.1) is 0 Å². The molecule has 0 rings (SSSR count). The molecule has 124 valence electrons. The molecule has 21 heavy (non-hydrogen) atoms. The van der Waals surface area contributed by atoms with Gasteiger partial charge in [0, 0.05) is 0 Å². The lowest BCUT2D eigenvalue weighted by atomic mass is 9.76. The van der Waals surface area contributed by atoms with Crippen molar-refractivity contribution in [2.75, 3.05) is 0 Å². The van der Waals surface area contributed by atoms with E-state index >= 15 is 0 Å². The van der Waals surface area contributed by atoms with Gasteiger partial charge in [0.25, 0.3) is 24.2 Å². The van der Waals surface area contributed by atoms with Crippen molar-refractivity contribution in [3.63, 3.8) is 0 Å². The van der Waals surface area contributed by atoms with E-state index in [1.54, 1.807) is 0 Å². The van der Waals surface area contributed by atoms with Crippen LogP contribution in [-0.4, -0.2) is 36.5 Å². The van der Waals surface area contributed by atoms with E-state index in [9.17, 15) is 52.7 Å². The van der Waals surface area contributed by atoms with E-state index in [0.29, 0.717) is 0 Å². The van der Waals surface area contributed by atoms with Crippen molar-refractivity contribution in [1.29, 1.82) is 0 Å². The standard InChI is InChI=1S/C9H4F12/c1-2-3(6(14,4(10)11)8(16,17)18)7(15,5(12)13)9(19,20)21/h1,3-5H. The molecule has 0 amide bonds. The molecule has 0 radical (unpaired) electrons. The summed E-state index contributed by atoms with van der Waals surface area (Å²) < 4.78 is 149. The number of halogens is 12. The van der Waals surface area contributed by atoms with Gasteiger partial charge in [-0.25, -0.2) is 26.3 Å². The van der Waals surface area contributed by atoms with Gasteiger partial charge in [-0.2, -0.15) is 26.3 Å². The van der Waals surface area contributed by atoms with Gasteiger partial charge in [0.15, 0.2) is 0 Å². The normalized spacial score (nSPS) is 20.8.